The van der Waals surface area contributed by atoms with Gasteiger partial charge in [-0.05, 0) is 47.9 Å². The third kappa shape index (κ3) is 3.66. The molecule has 2 aromatic rings. The standard InChI is InChI=1S/C16H17Cl2NO/c1-2-9-20-13-6-3-11(4-7-13)16(19)14-10-12(17)5-8-15(14)18/h3-8,10,16H,2,9,19H2,1H3. The van der Waals surface area contributed by atoms with E-state index in [-0.39, 0.29) is 6.04 Å². The predicted octanol–water partition coefficient (Wildman–Crippen LogP) is 4.83. The van der Waals surface area contributed by atoms with Crippen molar-refractivity contribution in [1.29, 1.82) is 0 Å². The van der Waals surface area contributed by atoms with Crippen LogP contribution in [0.4, 0.5) is 0 Å². The fraction of sp³-hybridized carbons (Fsp3) is 0.250. The Kier molecular flexibility index (Phi) is 5.30. The lowest BCUT2D eigenvalue weighted by Crippen LogP contribution is -2.12. The SMILES string of the molecule is CCCOc1ccc(C(N)c2cc(Cl)ccc2Cl)cc1. The van der Waals surface area contributed by atoms with E-state index in [1.807, 2.05) is 24.3 Å². The fourth-order valence-electron chi connectivity index (χ4n) is 1.92. The quantitative estimate of drug-likeness (QED) is 0.858. The minimum absolute atomic E-state index is 0.304. The van der Waals surface area contributed by atoms with E-state index < -0.39 is 0 Å². The molecule has 0 saturated carbocycles. The van der Waals surface area contributed by atoms with Crippen LogP contribution in [-0.2, 0) is 0 Å². The lowest BCUT2D eigenvalue weighted by molar-refractivity contribution is 0.317. The highest BCUT2D eigenvalue weighted by Crippen LogP contribution is 2.29. The number of benzene rings is 2. The fourth-order valence-corrected chi connectivity index (χ4v) is 2.34. The Bertz CT molecular complexity index is 569. The number of ether oxygens (including phenoxy) is 1. The van der Waals surface area contributed by atoms with Crippen LogP contribution < -0.4 is 10.5 Å². The van der Waals surface area contributed by atoms with Crippen molar-refractivity contribution < 1.29 is 4.74 Å². The van der Waals surface area contributed by atoms with Gasteiger partial charge >= 0.3 is 0 Å². The molecule has 0 spiro atoms. The highest BCUT2D eigenvalue weighted by atomic mass is 35.5. The summed E-state index contributed by atoms with van der Waals surface area (Å²) in [6.07, 6.45) is 0.986. The van der Waals surface area contributed by atoms with Gasteiger partial charge in [0.25, 0.3) is 0 Å². The third-order valence-corrected chi connectivity index (χ3v) is 3.58. The number of hydrogen-bond donors (Lipinski definition) is 1. The van der Waals surface area contributed by atoms with Gasteiger partial charge in [0.15, 0.2) is 0 Å². The maximum absolute atomic E-state index is 6.25. The highest BCUT2D eigenvalue weighted by Gasteiger charge is 2.13. The summed E-state index contributed by atoms with van der Waals surface area (Å²) in [5, 5.41) is 1.25. The normalized spacial score (nSPS) is 12.2. The minimum atomic E-state index is -0.304. The molecular weight excluding hydrogens is 293 g/mol. The van der Waals surface area contributed by atoms with Crippen LogP contribution in [0.1, 0.15) is 30.5 Å². The predicted molar refractivity (Wildman–Crippen MR) is 84.7 cm³/mol. The Morgan fingerprint density at radius 2 is 1.80 bits per heavy atom. The lowest BCUT2D eigenvalue weighted by atomic mass is 9.99. The van der Waals surface area contributed by atoms with Crippen molar-refractivity contribution in [3.8, 4) is 5.75 Å². The lowest BCUT2D eigenvalue weighted by Gasteiger charge is -2.15. The molecule has 0 fully saturated rings. The molecule has 0 amide bonds. The second-order valence-electron chi connectivity index (χ2n) is 4.56. The Morgan fingerprint density at radius 3 is 2.45 bits per heavy atom. The van der Waals surface area contributed by atoms with Crippen LogP contribution in [0.3, 0.4) is 0 Å². The molecule has 0 aromatic heterocycles. The summed E-state index contributed by atoms with van der Waals surface area (Å²) in [5.41, 5.74) is 8.04. The van der Waals surface area contributed by atoms with E-state index in [4.69, 9.17) is 33.7 Å². The van der Waals surface area contributed by atoms with Gasteiger partial charge < -0.3 is 10.5 Å². The molecule has 0 heterocycles. The molecule has 0 aliphatic carbocycles. The largest absolute Gasteiger partial charge is 0.494 e. The molecule has 2 N–H and O–H groups in total. The summed E-state index contributed by atoms with van der Waals surface area (Å²) in [7, 11) is 0. The summed E-state index contributed by atoms with van der Waals surface area (Å²) >= 11 is 12.2. The summed E-state index contributed by atoms with van der Waals surface area (Å²) in [6.45, 7) is 2.79. The third-order valence-electron chi connectivity index (χ3n) is 3.01. The van der Waals surface area contributed by atoms with E-state index in [1.54, 1.807) is 18.2 Å². The molecule has 0 aliphatic heterocycles. The monoisotopic (exact) mass is 309 g/mol. The molecule has 0 bridgehead atoms. The zero-order valence-electron chi connectivity index (χ0n) is 11.3. The van der Waals surface area contributed by atoms with Gasteiger partial charge in [-0.2, -0.15) is 0 Å². The summed E-state index contributed by atoms with van der Waals surface area (Å²) in [4.78, 5) is 0. The molecule has 0 saturated heterocycles. The zero-order valence-corrected chi connectivity index (χ0v) is 12.8. The Labute approximate surface area is 129 Å². The zero-order chi connectivity index (χ0) is 14.5. The summed E-state index contributed by atoms with van der Waals surface area (Å²) < 4.78 is 5.55. The van der Waals surface area contributed by atoms with Crippen molar-refractivity contribution in [2.24, 2.45) is 5.73 Å². The van der Waals surface area contributed by atoms with Gasteiger partial charge in [-0.25, -0.2) is 0 Å². The van der Waals surface area contributed by atoms with E-state index in [0.29, 0.717) is 16.7 Å². The molecule has 2 rings (SSSR count). The van der Waals surface area contributed by atoms with Gasteiger partial charge in [0, 0.05) is 10.0 Å². The smallest absolute Gasteiger partial charge is 0.119 e. The first-order valence-electron chi connectivity index (χ1n) is 6.55. The van der Waals surface area contributed by atoms with Crippen LogP contribution in [0.25, 0.3) is 0 Å². The van der Waals surface area contributed by atoms with Crippen LogP contribution in [-0.4, -0.2) is 6.61 Å². The second-order valence-corrected chi connectivity index (χ2v) is 5.40. The van der Waals surface area contributed by atoms with Crippen LogP contribution in [0.15, 0.2) is 42.5 Å². The van der Waals surface area contributed by atoms with Gasteiger partial charge in [0.1, 0.15) is 5.75 Å². The first-order chi connectivity index (χ1) is 9.61. The van der Waals surface area contributed by atoms with Gasteiger partial charge in [0.05, 0.1) is 12.6 Å². The summed E-state index contributed by atoms with van der Waals surface area (Å²) in [6, 6.07) is 12.8. The topological polar surface area (TPSA) is 35.2 Å². The Balaban J connectivity index is 2.20. The van der Waals surface area contributed by atoms with Crippen LogP contribution in [0.2, 0.25) is 10.0 Å². The van der Waals surface area contributed by atoms with Gasteiger partial charge in [-0.1, -0.05) is 42.3 Å². The molecule has 4 heteroatoms. The van der Waals surface area contributed by atoms with Crippen molar-refractivity contribution in [3.05, 3.63) is 63.6 Å². The maximum Gasteiger partial charge on any atom is 0.119 e. The number of nitrogens with two attached hydrogens (primary N) is 1. The Morgan fingerprint density at radius 1 is 1.10 bits per heavy atom. The molecule has 0 aliphatic rings. The molecule has 2 nitrogen and oxygen atoms in total. The van der Waals surface area contributed by atoms with E-state index in [9.17, 15) is 0 Å². The first-order valence-corrected chi connectivity index (χ1v) is 7.30. The van der Waals surface area contributed by atoms with Crippen LogP contribution >= 0.6 is 23.2 Å². The van der Waals surface area contributed by atoms with Gasteiger partial charge in [-0.3, -0.25) is 0 Å². The van der Waals surface area contributed by atoms with Crippen molar-refractivity contribution in [2.45, 2.75) is 19.4 Å². The molecule has 2 aromatic carbocycles. The van der Waals surface area contributed by atoms with E-state index in [2.05, 4.69) is 6.92 Å². The molecule has 20 heavy (non-hydrogen) atoms. The van der Waals surface area contributed by atoms with Crippen LogP contribution in [0.5, 0.6) is 5.75 Å². The minimum Gasteiger partial charge on any atom is -0.494 e. The second kappa shape index (κ2) is 6.98. The van der Waals surface area contributed by atoms with Crippen molar-refractivity contribution >= 4 is 23.2 Å². The number of hydrogen-bond acceptors (Lipinski definition) is 2. The van der Waals surface area contributed by atoms with Crippen molar-refractivity contribution in [3.63, 3.8) is 0 Å². The Hall–Kier alpha value is -1.22. The van der Waals surface area contributed by atoms with E-state index in [0.717, 1.165) is 23.3 Å². The summed E-state index contributed by atoms with van der Waals surface area (Å²) in [5.74, 6) is 0.847. The van der Waals surface area contributed by atoms with E-state index in [1.165, 1.54) is 0 Å². The average Bonchev–Trinajstić information content (AvgIpc) is 2.47. The molecule has 1 atom stereocenters. The number of halogens is 2. The number of rotatable bonds is 5. The first kappa shape index (κ1) is 15.2. The molecule has 0 radical (unpaired) electrons. The molecule has 106 valence electrons. The van der Waals surface area contributed by atoms with Crippen molar-refractivity contribution in [1.82, 2.24) is 0 Å². The average molecular weight is 310 g/mol. The molecular formula is C16H17Cl2NO. The van der Waals surface area contributed by atoms with Crippen LogP contribution in [0, 0.1) is 0 Å². The van der Waals surface area contributed by atoms with Crippen molar-refractivity contribution in [2.75, 3.05) is 6.61 Å². The molecule has 1 unspecified atom stereocenters. The van der Waals surface area contributed by atoms with E-state index >= 15 is 0 Å². The highest BCUT2D eigenvalue weighted by molar-refractivity contribution is 6.33. The maximum atomic E-state index is 6.25. The van der Waals surface area contributed by atoms with Gasteiger partial charge in [-0.15, -0.1) is 0 Å². The van der Waals surface area contributed by atoms with Gasteiger partial charge in [0.2, 0.25) is 0 Å².